The molecule has 94 valence electrons. The summed E-state index contributed by atoms with van der Waals surface area (Å²) in [5.74, 6) is 0.317. The van der Waals surface area contributed by atoms with Crippen molar-refractivity contribution >= 4 is 17.7 Å². The van der Waals surface area contributed by atoms with E-state index in [1.54, 1.807) is 0 Å². The Morgan fingerprint density at radius 3 is 2.81 bits per heavy atom. The highest BCUT2D eigenvalue weighted by molar-refractivity contribution is 8.00. The highest BCUT2D eigenvalue weighted by Crippen LogP contribution is 2.39. The molecule has 4 N–H and O–H groups in total. The summed E-state index contributed by atoms with van der Waals surface area (Å²) in [7, 11) is 1.35. The minimum Gasteiger partial charge on any atom is -0.469 e. The summed E-state index contributed by atoms with van der Waals surface area (Å²) in [6.07, 6.45) is 1.23. The highest BCUT2D eigenvalue weighted by atomic mass is 32.2. The van der Waals surface area contributed by atoms with Gasteiger partial charge in [0.25, 0.3) is 0 Å². The van der Waals surface area contributed by atoms with Gasteiger partial charge in [-0.1, -0.05) is 0 Å². The van der Waals surface area contributed by atoms with Gasteiger partial charge in [0.1, 0.15) is 11.0 Å². The van der Waals surface area contributed by atoms with Gasteiger partial charge in [-0.15, -0.1) is 11.8 Å². The topological polar surface area (TPSA) is 92.8 Å². The molecule has 0 aromatic carbocycles. The average Bonchev–Trinajstić information content (AvgIpc) is 2.53. The Morgan fingerprint density at radius 1 is 1.62 bits per heavy atom. The molecule has 3 atom stereocenters. The van der Waals surface area contributed by atoms with Gasteiger partial charge in [-0.2, -0.15) is 0 Å². The maximum atomic E-state index is 10.8. The molecule has 1 aliphatic heterocycles. The first-order valence-electron chi connectivity index (χ1n) is 5.36. The molecule has 1 aliphatic rings. The normalized spacial score (nSPS) is 34.0. The van der Waals surface area contributed by atoms with Crippen molar-refractivity contribution in [3.8, 4) is 0 Å². The van der Waals surface area contributed by atoms with Crippen LogP contribution >= 0.6 is 11.8 Å². The van der Waals surface area contributed by atoms with E-state index in [0.717, 1.165) is 0 Å². The lowest BCUT2D eigenvalue weighted by atomic mass is 10.0. The van der Waals surface area contributed by atoms with E-state index in [0.29, 0.717) is 31.4 Å². The summed E-state index contributed by atoms with van der Waals surface area (Å²) in [6.45, 7) is 0. The maximum absolute atomic E-state index is 10.8. The summed E-state index contributed by atoms with van der Waals surface area (Å²) >= 11 is 1.29. The highest BCUT2D eigenvalue weighted by Gasteiger charge is 2.45. The van der Waals surface area contributed by atoms with Crippen LogP contribution in [0.15, 0.2) is 0 Å². The van der Waals surface area contributed by atoms with Crippen LogP contribution in [0.1, 0.15) is 25.7 Å². The van der Waals surface area contributed by atoms with Crippen LogP contribution in [0.3, 0.4) is 0 Å². The third kappa shape index (κ3) is 3.35. The summed E-state index contributed by atoms with van der Waals surface area (Å²) < 4.78 is 4.51. The fraction of sp³-hybridized carbons (Fsp3) is 0.900. The molecule has 1 saturated heterocycles. The SMILES string of the molecule is COC(=O)CCCCC1(O)SC[C@H](N)[C@@H]1O. The van der Waals surface area contributed by atoms with Crippen molar-refractivity contribution < 1.29 is 19.7 Å². The molecule has 0 aromatic rings. The fourth-order valence-electron chi connectivity index (χ4n) is 1.72. The molecule has 0 bridgehead atoms. The molecule has 0 radical (unpaired) electrons. The average molecular weight is 249 g/mol. The van der Waals surface area contributed by atoms with Gasteiger partial charge in [0, 0.05) is 18.2 Å². The number of aliphatic hydroxyl groups excluding tert-OH is 1. The zero-order chi connectivity index (χ0) is 12.2. The second-order valence-corrected chi connectivity index (χ2v) is 5.38. The van der Waals surface area contributed by atoms with Crippen molar-refractivity contribution in [2.24, 2.45) is 5.73 Å². The quantitative estimate of drug-likeness (QED) is 0.463. The van der Waals surface area contributed by atoms with E-state index in [1.807, 2.05) is 0 Å². The lowest BCUT2D eigenvalue weighted by Gasteiger charge is -2.26. The second kappa shape index (κ2) is 5.86. The number of aliphatic hydroxyl groups is 2. The second-order valence-electron chi connectivity index (χ2n) is 4.05. The first-order valence-corrected chi connectivity index (χ1v) is 6.35. The largest absolute Gasteiger partial charge is 0.469 e. The number of ether oxygens (including phenoxy) is 1. The Balaban J connectivity index is 2.24. The van der Waals surface area contributed by atoms with Gasteiger partial charge in [-0.3, -0.25) is 4.79 Å². The van der Waals surface area contributed by atoms with Crippen LogP contribution in [0.2, 0.25) is 0 Å². The number of nitrogens with two attached hydrogens (primary N) is 1. The van der Waals surface area contributed by atoms with E-state index < -0.39 is 11.0 Å². The Bertz CT molecular complexity index is 251. The molecule has 5 nitrogen and oxygen atoms in total. The van der Waals surface area contributed by atoms with Crippen LogP contribution in [0.5, 0.6) is 0 Å². The Hall–Kier alpha value is -0.300. The molecule has 6 heteroatoms. The molecule has 1 rings (SSSR count). The fourth-order valence-corrected chi connectivity index (χ4v) is 3.02. The molecule has 0 saturated carbocycles. The number of carbonyl (C=O) groups excluding carboxylic acids is 1. The maximum Gasteiger partial charge on any atom is 0.305 e. The minimum atomic E-state index is -1.14. The Labute approximate surface area is 99.3 Å². The molecule has 0 spiro atoms. The van der Waals surface area contributed by atoms with E-state index in [2.05, 4.69) is 4.74 Å². The third-order valence-corrected chi connectivity index (χ3v) is 4.28. The molecular weight excluding hydrogens is 230 g/mol. The van der Waals surface area contributed by atoms with Crippen LogP contribution in [0, 0.1) is 0 Å². The van der Waals surface area contributed by atoms with Crippen LogP contribution in [-0.2, 0) is 9.53 Å². The van der Waals surface area contributed by atoms with Crippen LogP contribution in [0.25, 0.3) is 0 Å². The monoisotopic (exact) mass is 249 g/mol. The van der Waals surface area contributed by atoms with E-state index in [1.165, 1.54) is 18.9 Å². The van der Waals surface area contributed by atoms with Gasteiger partial charge in [0.15, 0.2) is 0 Å². The number of esters is 1. The molecule has 1 unspecified atom stereocenters. The Morgan fingerprint density at radius 2 is 2.31 bits per heavy atom. The zero-order valence-electron chi connectivity index (χ0n) is 9.39. The van der Waals surface area contributed by atoms with Crippen molar-refractivity contribution in [3.63, 3.8) is 0 Å². The number of methoxy groups -OCH3 is 1. The molecule has 0 amide bonds. The minimum absolute atomic E-state index is 0.247. The smallest absolute Gasteiger partial charge is 0.305 e. The van der Waals surface area contributed by atoms with E-state index in [4.69, 9.17) is 5.73 Å². The molecular formula is C10H19NO4S. The summed E-state index contributed by atoms with van der Waals surface area (Å²) in [6, 6.07) is -0.365. The van der Waals surface area contributed by atoms with Gasteiger partial charge < -0.3 is 20.7 Å². The summed E-state index contributed by atoms with van der Waals surface area (Å²) in [5.41, 5.74) is 5.62. The van der Waals surface area contributed by atoms with Crippen LogP contribution in [-0.4, -0.2) is 46.1 Å². The Kier molecular flexibility index (Phi) is 5.04. The van der Waals surface area contributed by atoms with E-state index in [-0.39, 0.29) is 12.0 Å². The number of hydrogen-bond acceptors (Lipinski definition) is 6. The summed E-state index contributed by atoms with van der Waals surface area (Å²) in [5, 5.41) is 19.8. The lowest BCUT2D eigenvalue weighted by Crippen LogP contribution is -2.44. The van der Waals surface area contributed by atoms with Gasteiger partial charge in [-0.25, -0.2) is 0 Å². The van der Waals surface area contributed by atoms with Crippen molar-refractivity contribution in [1.29, 1.82) is 0 Å². The molecule has 0 aromatic heterocycles. The van der Waals surface area contributed by atoms with E-state index in [9.17, 15) is 15.0 Å². The zero-order valence-corrected chi connectivity index (χ0v) is 10.2. The van der Waals surface area contributed by atoms with Crippen molar-refractivity contribution in [2.75, 3.05) is 12.9 Å². The van der Waals surface area contributed by atoms with Crippen LogP contribution < -0.4 is 5.73 Å². The predicted octanol–water partition coefficient (Wildman–Crippen LogP) is -0.157. The number of rotatable bonds is 5. The van der Waals surface area contributed by atoms with Crippen molar-refractivity contribution in [2.45, 2.75) is 42.8 Å². The predicted molar refractivity (Wildman–Crippen MR) is 61.9 cm³/mol. The molecule has 1 fully saturated rings. The standard InChI is InChI=1S/C10H19NO4S/c1-15-8(12)4-2-3-5-10(14)9(13)7(11)6-16-10/h7,9,13-14H,2-6,11H2,1H3/t7-,9-,10?/m0/s1. The summed E-state index contributed by atoms with van der Waals surface area (Å²) in [4.78, 5) is 9.70. The third-order valence-electron chi connectivity index (χ3n) is 2.79. The van der Waals surface area contributed by atoms with Crippen LogP contribution in [0.4, 0.5) is 0 Å². The number of unbranched alkanes of at least 4 members (excludes halogenated alkanes) is 1. The van der Waals surface area contributed by atoms with Gasteiger partial charge in [0.2, 0.25) is 0 Å². The van der Waals surface area contributed by atoms with Gasteiger partial charge in [0.05, 0.1) is 7.11 Å². The van der Waals surface area contributed by atoms with Crippen molar-refractivity contribution in [1.82, 2.24) is 0 Å². The number of hydrogen-bond donors (Lipinski definition) is 3. The molecule has 16 heavy (non-hydrogen) atoms. The first-order chi connectivity index (χ1) is 7.49. The number of carbonyl (C=O) groups is 1. The lowest BCUT2D eigenvalue weighted by molar-refractivity contribution is -0.140. The van der Waals surface area contributed by atoms with Gasteiger partial charge >= 0.3 is 5.97 Å². The van der Waals surface area contributed by atoms with Gasteiger partial charge in [-0.05, 0) is 19.3 Å². The van der Waals surface area contributed by atoms with E-state index >= 15 is 0 Å². The number of thioether (sulfide) groups is 1. The molecule has 1 heterocycles. The van der Waals surface area contributed by atoms with Crippen molar-refractivity contribution in [3.05, 3.63) is 0 Å². The first kappa shape index (κ1) is 13.8. The molecule has 0 aliphatic carbocycles.